The van der Waals surface area contributed by atoms with E-state index in [1.807, 2.05) is 0 Å². The van der Waals surface area contributed by atoms with Crippen LogP contribution in [0.1, 0.15) is 0 Å². The lowest BCUT2D eigenvalue weighted by Crippen LogP contribution is -1.89. The van der Waals surface area contributed by atoms with Gasteiger partial charge in [-0.1, -0.05) is 0 Å². The highest BCUT2D eigenvalue weighted by Gasteiger charge is 2.14. The van der Waals surface area contributed by atoms with Gasteiger partial charge in [-0.15, -0.1) is 0 Å². The Morgan fingerprint density at radius 1 is 1.73 bits per heavy atom. The van der Waals surface area contributed by atoms with Gasteiger partial charge >= 0.3 is 0 Å². The van der Waals surface area contributed by atoms with Gasteiger partial charge in [0.05, 0.1) is 0 Å². The van der Waals surface area contributed by atoms with Crippen LogP contribution in [0.2, 0.25) is 0 Å². The van der Waals surface area contributed by atoms with Gasteiger partial charge in [-0.25, -0.2) is 13.4 Å². The summed E-state index contributed by atoms with van der Waals surface area (Å²) in [5.74, 6) is 0. The number of halogens is 2. The van der Waals surface area contributed by atoms with E-state index >= 15 is 0 Å². The second-order valence-corrected chi connectivity index (χ2v) is 5.12. The van der Waals surface area contributed by atoms with Crippen molar-refractivity contribution in [3.05, 3.63) is 10.9 Å². The van der Waals surface area contributed by atoms with Crippen molar-refractivity contribution < 1.29 is 8.42 Å². The molecule has 0 atom stereocenters. The molecule has 0 N–H and O–H groups in total. The number of aryl methyl sites for hydroxylation is 1. The van der Waals surface area contributed by atoms with Crippen LogP contribution in [0.25, 0.3) is 0 Å². The number of rotatable bonds is 1. The third kappa shape index (κ3) is 1.94. The molecule has 0 aromatic carbocycles. The van der Waals surface area contributed by atoms with E-state index in [4.69, 9.17) is 10.7 Å². The van der Waals surface area contributed by atoms with Crippen LogP contribution in [-0.2, 0) is 16.1 Å². The van der Waals surface area contributed by atoms with Crippen LogP contribution in [0.3, 0.4) is 0 Å². The summed E-state index contributed by atoms with van der Waals surface area (Å²) in [4.78, 5) is 3.64. The summed E-state index contributed by atoms with van der Waals surface area (Å²) in [6.45, 7) is 0. The van der Waals surface area contributed by atoms with Crippen molar-refractivity contribution in [3.8, 4) is 0 Å². The van der Waals surface area contributed by atoms with Crippen LogP contribution >= 0.6 is 26.6 Å². The topological polar surface area (TPSA) is 52.0 Å². The Bertz CT molecular complexity index is 352. The first kappa shape index (κ1) is 9.02. The Morgan fingerprint density at radius 3 is 2.45 bits per heavy atom. The first-order valence-corrected chi connectivity index (χ1v) is 5.65. The number of aromatic nitrogens is 2. The van der Waals surface area contributed by atoms with Gasteiger partial charge < -0.3 is 4.57 Å². The Kier molecular flexibility index (Phi) is 2.27. The third-order valence-electron chi connectivity index (χ3n) is 1.05. The van der Waals surface area contributed by atoms with Crippen molar-refractivity contribution in [1.82, 2.24) is 9.55 Å². The lowest BCUT2D eigenvalue weighted by molar-refractivity contribution is 0.606. The fraction of sp³-hybridized carbons (Fsp3) is 0.250. The molecule has 0 aliphatic rings. The highest BCUT2D eigenvalue weighted by Crippen LogP contribution is 2.16. The zero-order chi connectivity index (χ0) is 8.65. The monoisotopic (exact) mass is 258 g/mol. The van der Waals surface area contributed by atoms with Crippen LogP contribution in [0.5, 0.6) is 0 Å². The van der Waals surface area contributed by atoms with Crippen LogP contribution in [0.4, 0.5) is 0 Å². The molecule has 0 unspecified atom stereocenters. The van der Waals surface area contributed by atoms with Crippen molar-refractivity contribution in [2.45, 2.75) is 5.03 Å². The minimum atomic E-state index is -3.69. The minimum Gasteiger partial charge on any atom is -0.327 e. The molecule has 1 heterocycles. The molecule has 1 rings (SSSR count). The maximum atomic E-state index is 10.7. The number of hydrogen-bond acceptors (Lipinski definition) is 3. The largest absolute Gasteiger partial charge is 0.327 e. The first-order valence-electron chi connectivity index (χ1n) is 2.55. The lowest BCUT2D eigenvalue weighted by Gasteiger charge is -1.85. The molecule has 1 aromatic heterocycles. The molecule has 0 saturated heterocycles. The number of imidazole rings is 1. The van der Waals surface area contributed by atoms with E-state index in [1.165, 1.54) is 10.8 Å². The Hall–Kier alpha value is -0.0700. The Balaban J connectivity index is 3.29. The molecule has 0 radical (unpaired) electrons. The fourth-order valence-corrected chi connectivity index (χ4v) is 1.65. The molecule has 0 amide bonds. The molecule has 0 saturated carbocycles. The molecule has 0 fully saturated rings. The third-order valence-corrected chi connectivity index (χ3v) is 2.95. The molecular weight excluding hydrogens is 255 g/mol. The van der Waals surface area contributed by atoms with Gasteiger partial charge in [-0.2, -0.15) is 0 Å². The van der Waals surface area contributed by atoms with E-state index in [2.05, 4.69) is 20.9 Å². The van der Waals surface area contributed by atoms with Gasteiger partial charge in [0.15, 0.2) is 9.76 Å². The molecule has 62 valence electrons. The van der Waals surface area contributed by atoms with Crippen molar-refractivity contribution >= 4 is 35.7 Å². The van der Waals surface area contributed by atoms with E-state index in [1.54, 1.807) is 7.05 Å². The zero-order valence-corrected chi connectivity index (χ0v) is 8.61. The van der Waals surface area contributed by atoms with E-state index in [0.717, 1.165) is 0 Å². The van der Waals surface area contributed by atoms with Crippen LogP contribution < -0.4 is 0 Å². The Morgan fingerprint density at radius 2 is 2.27 bits per heavy atom. The fourth-order valence-electron chi connectivity index (χ4n) is 0.535. The highest BCUT2D eigenvalue weighted by atomic mass is 79.9. The predicted molar refractivity (Wildman–Crippen MR) is 43.9 cm³/mol. The molecule has 7 heteroatoms. The number of nitrogens with zero attached hydrogens (tertiary/aromatic N) is 2. The molecule has 11 heavy (non-hydrogen) atoms. The van der Waals surface area contributed by atoms with E-state index in [-0.39, 0.29) is 5.03 Å². The maximum Gasteiger partial charge on any atom is 0.280 e. The molecular formula is C4H4BrClN2O2S. The second-order valence-electron chi connectivity index (χ2n) is 1.90. The van der Waals surface area contributed by atoms with Crippen LogP contribution in [-0.4, -0.2) is 18.0 Å². The summed E-state index contributed by atoms with van der Waals surface area (Å²) in [7, 11) is 2.98. The summed E-state index contributed by atoms with van der Waals surface area (Å²) in [5.41, 5.74) is 0. The summed E-state index contributed by atoms with van der Waals surface area (Å²) >= 11 is 3.04. The van der Waals surface area contributed by atoms with E-state index < -0.39 is 9.05 Å². The van der Waals surface area contributed by atoms with Gasteiger partial charge in [-0.3, -0.25) is 0 Å². The maximum absolute atomic E-state index is 10.7. The normalized spacial score (nSPS) is 11.9. The SMILES string of the molecule is Cn1cc(S(=O)(=O)Cl)nc1Br. The van der Waals surface area contributed by atoms with Gasteiger partial charge in [-0.05, 0) is 15.9 Å². The lowest BCUT2D eigenvalue weighted by atomic mass is 10.9. The van der Waals surface area contributed by atoms with Crippen molar-refractivity contribution in [2.24, 2.45) is 7.05 Å². The van der Waals surface area contributed by atoms with Gasteiger partial charge in [0.25, 0.3) is 9.05 Å². The van der Waals surface area contributed by atoms with Crippen molar-refractivity contribution in [3.63, 3.8) is 0 Å². The summed E-state index contributed by atoms with van der Waals surface area (Å²) < 4.78 is 23.3. The standard InChI is InChI=1S/C4H4BrClN2O2S/c1-8-2-3(7-4(8)5)11(6,9)10/h2H,1H3. The second kappa shape index (κ2) is 2.76. The average molecular weight is 260 g/mol. The first-order chi connectivity index (χ1) is 4.91. The van der Waals surface area contributed by atoms with E-state index in [9.17, 15) is 8.42 Å². The van der Waals surface area contributed by atoms with E-state index in [0.29, 0.717) is 4.73 Å². The zero-order valence-electron chi connectivity index (χ0n) is 5.45. The number of hydrogen-bond donors (Lipinski definition) is 0. The molecule has 0 aliphatic heterocycles. The average Bonchev–Trinajstić information content (AvgIpc) is 2.11. The van der Waals surface area contributed by atoms with Crippen molar-refractivity contribution in [2.75, 3.05) is 0 Å². The van der Waals surface area contributed by atoms with Gasteiger partial charge in [0, 0.05) is 23.9 Å². The molecule has 1 aromatic rings. The molecule has 0 aliphatic carbocycles. The summed E-state index contributed by atoms with van der Waals surface area (Å²) in [5, 5.41) is -0.145. The summed E-state index contributed by atoms with van der Waals surface area (Å²) in [6, 6.07) is 0. The van der Waals surface area contributed by atoms with Crippen LogP contribution in [0.15, 0.2) is 16.0 Å². The molecule has 4 nitrogen and oxygen atoms in total. The smallest absolute Gasteiger partial charge is 0.280 e. The summed E-state index contributed by atoms with van der Waals surface area (Å²) in [6.07, 6.45) is 1.33. The van der Waals surface area contributed by atoms with Gasteiger partial charge in [0.1, 0.15) is 0 Å². The van der Waals surface area contributed by atoms with Crippen molar-refractivity contribution in [1.29, 1.82) is 0 Å². The quantitative estimate of drug-likeness (QED) is 0.710. The predicted octanol–water partition coefficient (Wildman–Crippen LogP) is 1.11. The Labute approximate surface area is 76.7 Å². The van der Waals surface area contributed by atoms with Gasteiger partial charge in [0.2, 0.25) is 0 Å². The van der Waals surface area contributed by atoms with Crippen LogP contribution in [0, 0.1) is 0 Å². The highest BCUT2D eigenvalue weighted by molar-refractivity contribution is 9.10. The molecule has 0 bridgehead atoms. The molecule has 0 spiro atoms. The minimum absolute atomic E-state index is 0.145.